The summed E-state index contributed by atoms with van der Waals surface area (Å²) in [6.45, 7) is 6.16. The second-order valence-electron chi connectivity index (χ2n) is 4.83. The van der Waals surface area contributed by atoms with E-state index in [1.54, 1.807) is 27.8 Å². The Balaban J connectivity index is 0.00000225. The average molecular weight is 255 g/mol. The van der Waals surface area contributed by atoms with Gasteiger partial charge in [-0.05, 0) is 20.8 Å². The Morgan fingerprint density at radius 3 is 2.38 bits per heavy atom. The van der Waals surface area contributed by atoms with E-state index in [2.05, 4.69) is 5.32 Å². The first kappa shape index (κ1) is 15.4. The highest BCUT2D eigenvalue weighted by atomic mass is 35.5. The molecule has 1 rings (SSSR count). The number of halogens is 2. The number of hydrogen-bond acceptors (Lipinski definition) is 3. The van der Waals surface area contributed by atoms with Crippen LogP contribution in [0.15, 0.2) is 0 Å². The molecule has 0 radical (unpaired) electrons. The molecule has 0 spiro atoms. The summed E-state index contributed by atoms with van der Waals surface area (Å²) in [5.74, 6) is 0. The fraction of sp³-hybridized carbons (Fsp3) is 0.900. The van der Waals surface area contributed by atoms with Gasteiger partial charge in [0.05, 0.1) is 6.04 Å². The number of rotatable bonds is 1. The van der Waals surface area contributed by atoms with E-state index in [-0.39, 0.29) is 12.4 Å². The van der Waals surface area contributed by atoms with E-state index < -0.39 is 23.9 Å². The van der Waals surface area contributed by atoms with Crippen LogP contribution in [0, 0.1) is 0 Å². The van der Waals surface area contributed by atoms with Gasteiger partial charge in [0.15, 0.2) is 0 Å². The Bertz CT molecular complexity index is 245. The summed E-state index contributed by atoms with van der Waals surface area (Å²) in [7, 11) is 1.57. The zero-order valence-corrected chi connectivity index (χ0v) is 10.9. The molecule has 0 aromatic carbocycles. The number of likely N-dealkylation sites (N-methyl/N-ethyl adjacent to an activating group) is 1. The zero-order valence-electron chi connectivity index (χ0n) is 10.1. The zero-order chi connectivity index (χ0) is 11.6. The third kappa shape index (κ3) is 4.14. The lowest BCUT2D eigenvalue weighted by molar-refractivity contribution is 0.0182. The van der Waals surface area contributed by atoms with Crippen LogP contribution in [-0.2, 0) is 4.74 Å². The number of alkyl halides is 1. The molecule has 1 heterocycles. The highest BCUT2D eigenvalue weighted by Gasteiger charge is 2.34. The fourth-order valence-electron chi connectivity index (χ4n) is 1.48. The summed E-state index contributed by atoms with van der Waals surface area (Å²) in [6, 6.07) is -0.417. The molecule has 4 nitrogen and oxygen atoms in total. The highest BCUT2D eigenvalue weighted by molar-refractivity contribution is 5.85. The van der Waals surface area contributed by atoms with Gasteiger partial charge >= 0.3 is 6.09 Å². The van der Waals surface area contributed by atoms with Gasteiger partial charge in [-0.15, -0.1) is 12.4 Å². The van der Waals surface area contributed by atoms with Crippen molar-refractivity contribution in [2.24, 2.45) is 0 Å². The third-order valence-electron chi connectivity index (χ3n) is 2.29. The first-order valence-corrected chi connectivity index (χ1v) is 5.12. The number of hydrogen-bond donors (Lipinski definition) is 1. The molecule has 16 heavy (non-hydrogen) atoms. The molecule has 0 aliphatic carbocycles. The van der Waals surface area contributed by atoms with E-state index in [0.717, 1.165) is 0 Å². The molecule has 1 saturated heterocycles. The predicted octanol–water partition coefficient (Wildman–Crippen LogP) is 1.58. The fourth-order valence-corrected chi connectivity index (χ4v) is 1.48. The molecule has 0 aromatic rings. The molecule has 1 aliphatic heterocycles. The minimum Gasteiger partial charge on any atom is -0.444 e. The van der Waals surface area contributed by atoms with Crippen molar-refractivity contribution in [1.82, 2.24) is 10.2 Å². The highest BCUT2D eigenvalue weighted by Crippen LogP contribution is 2.15. The Hall–Kier alpha value is -0.550. The molecule has 2 unspecified atom stereocenters. The standard InChI is InChI=1S/C10H19FN2O2.ClH/c1-10(2,3)15-9(14)13(4)8-6-12-5-7(8)11;/h7-8,12H,5-6H2,1-4H3;1H. The van der Waals surface area contributed by atoms with Crippen molar-refractivity contribution in [1.29, 1.82) is 0 Å². The molecule has 1 amide bonds. The van der Waals surface area contributed by atoms with E-state index in [1.165, 1.54) is 4.90 Å². The van der Waals surface area contributed by atoms with Crippen molar-refractivity contribution in [2.75, 3.05) is 20.1 Å². The molecule has 96 valence electrons. The Morgan fingerprint density at radius 2 is 2.00 bits per heavy atom. The van der Waals surface area contributed by atoms with Gasteiger partial charge in [-0.2, -0.15) is 0 Å². The Kier molecular flexibility index (Phi) is 5.49. The molecule has 0 aromatic heterocycles. The van der Waals surface area contributed by atoms with E-state index in [4.69, 9.17) is 4.74 Å². The van der Waals surface area contributed by atoms with E-state index in [1.807, 2.05) is 0 Å². The maximum atomic E-state index is 13.3. The largest absolute Gasteiger partial charge is 0.444 e. The van der Waals surface area contributed by atoms with Gasteiger partial charge < -0.3 is 15.0 Å². The monoisotopic (exact) mass is 254 g/mol. The maximum Gasteiger partial charge on any atom is 0.410 e. The van der Waals surface area contributed by atoms with E-state index in [0.29, 0.717) is 13.1 Å². The topological polar surface area (TPSA) is 41.6 Å². The van der Waals surface area contributed by atoms with Crippen molar-refractivity contribution >= 4 is 18.5 Å². The number of ether oxygens (including phenoxy) is 1. The van der Waals surface area contributed by atoms with Crippen LogP contribution >= 0.6 is 12.4 Å². The summed E-state index contributed by atoms with van der Waals surface area (Å²) < 4.78 is 18.5. The van der Waals surface area contributed by atoms with Gasteiger partial charge in [-0.1, -0.05) is 0 Å². The summed E-state index contributed by atoms with van der Waals surface area (Å²) >= 11 is 0. The molecule has 6 heteroatoms. The second kappa shape index (κ2) is 5.68. The second-order valence-corrected chi connectivity index (χ2v) is 4.83. The quantitative estimate of drug-likeness (QED) is 0.773. The van der Waals surface area contributed by atoms with Crippen LogP contribution in [-0.4, -0.2) is 48.9 Å². The average Bonchev–Trinajstić information content (AvgIpc) is 2.47. The minimum atomic E-state index is -1.01. The first-order valence-electron chi connectivity index (χ1n) is 5.12. The molecule has 1 fully saturated rings. The van der Waals surface area contributed by atoms with Crippen molar-refractivity contribution < 1.29 is 13.9 Å². The van der Waals surface area contributed by atoms with Crippen molar-refractivity contribution in [3.63, 3.8) is 0 Å². The van der Waals surface area contributed by atoms with Crippen molar-refractivity contribution in [3.8, 4) is 0 Å². The lowest BCUT2D eigenvalue weighted by Crippen LogP contribution is -2.45. The van der Waals surface area contributed by atoms with Gasteiger partial charge in [0, 0.05) is 20.1 Å². The van der Waals surface area contributed by atoms with Crippen LogP contribution in [0.25, 0.3) is 0 Å². The summed E-state index contributed by atoms with van der Waals surface area (Å²) in [4.78, 5) is 12.9. The molecule has 2 atom stereocenters. The summed E-state index contributed by atoms with van der Waals surface area (Å²) in [5, 5.41) is 2.90. The van der Waals surface area contributed by atoms with Crippen molar-refractivity contribution in [3.05, 3.63) is 0 Å². The predicted molar refractivity (Wildman–Crippen MR) is 62.8 cm³/mol. The molecule has 0 bridgehead atoms. The lowest BCUT2D eigenvalue weighted by Gasteiger charge is -2.28. The number of amides is 1. The van der Waals surface area contributed by atoms with Gasteiger partial charge in [0.25, 0.3) is 0 Å². The smallest absolute Gasteiger partial charge is 0.410 e. The number of nitrogens with one attached hydrogen (secondary N) is 1. The van der Waals surface area contributed by atoms with Crippen LogP contribution in [0.1, 0.15) is 20.8 Å². The first-order chi connectivity index (χ1) is 6.81. The molecular formula is C10H20ClFN2O2. The lowest BCUT2D eigenvalue weighted by atomic mass is 10.2. The van der Waals surface area contributed by atoms with Crippen LogP contribution < -0.4 is 5.32 Å². The molecule has 1 N–H and O–H groups in total. The summed E-state index contributed by atoms with van der Waals surface area (Å²) in [5.41, 5.74) is -0.539. The molecule has 1 aliphatic rings. The molecular weight excluding hydrogens is 235 g/mol. The van der Waals surface area contributed by atoms with Crippen molar-refractivity contribution in [2.45, 2.75) is 38.6 Å². The number of nitrogens with zero attached hydrogens (tertiary/aromatic N) is 1. The van der Waals surface area contributed by atoms with E-state index in [9.17, 15) is 9.18 Å². The van der Waals surface area contributed by atoms with Gasteiger partial charge in [-0.25, -0.2) is 9.18 Å². The van der Waals surface area contributed by atoms with Crippen LogP contribution in [0.2, 0.25) is 0 Å². The molecule has 0 saturated carbocycles. The minimum absolute atomic E-state index is 0. The van der Waals surface area contributed by atoms with Crippen LogP contribution in [0.5, 0.6) is 0 Å². The maximum absolute atomic E-state index is 13.3. The van der Waals surface area contributed by atoms with E-state index >= 15 is 0 Å². The van der Waals surface area contributed by atoms with Crippen LogP contribution in [0.4, 0.5) is 9.18 Å². The van der Waals surface area contributed by atoms with Crippen LogP contribution in [0.3, 0.4) is 0 Å². The van der Waals surface area contributed by atoms with Gasteiger partial charge in [0.1, 0.15) is 11.8 Å². The normalized spacial score (nSPS) is 24.8. The Morgan fingerprint density at radius 1 is 1.44 bits per heavy atom. The Labute approximate surface area is 102 Å². The van der Waals surface area contributed by atoms with Gasteiger partial charge in [0.2, 0.25) is 0 Å². The third-order valence-corrected chi connectivity index (χ3v) is 2.29. The summed E-state index contributed by atoms with van der Waals surface area (Å²) in [6.07, 6.45) is -1.48. The number of carbonyl (C=O) groups is 1. The number of carbonyl (C=O) groups excluding carboxylic acids is 1. The SMILES string of the molecule is CN(C(=O)OC(C)(C)C)C1CNCC1F.Cl. The van der Waals surface area contributed by atoms with Gasteiger partial charge in [-0.3, -0.25) is 0 Å².